The summed E-state index contributed by atoms with van der Waals surface area (Å²) < 4.78 is 27.2. The lowest BCUT2D eigenvalue weighted by atomic mass is 10.2. The molecule has 0 spiro atoms. The third-order valence-electron chi connectivity index (χ3n) is 2.70. The molecular weight excluding hydrogens is 328 g/mol. The summed E-state index contributed by atoms with van der Waals surface area (Å²) in [5, 5.41) is 2.98. The Kier molecular flexibility index (Phi) is 4.65. The topological polar surface area (TPSA) is 37.8 Å². The number of nitrogens with one attached hydrogen (secondary N) is 1. The number of halogens is 3. The van der Waals surface area contributed by atoms with Gasteiger partial charge in [-0.3, -0.25) is 0 Å². The first kappa shape index (κ1) is 14.8. The van der Waals surface area contributed by atoms with Crippen molar-refractivity contribution in [2.24, 2.45) is 0 Å². The van der Waals surface area contributed by atoms with Gasteiger partial charge < -0.3 is 5.32 Å². The molecule has 3 nitrogen and oxygen atoms in total. The molecular formula is C14H14BrF2N3. The third kappa shape index (κ3) is 3.72. The zero-order chi connectivity index (χ0) is 14.7. The average molecular weight is 342 g/mol. The number of aromatic nitrogens is 2. The zero-order valence-corrected chi connectivity index (χ0v) is 12.7. The highest BCUT2D eigenvalue weighted by Crippen LogP contribution is 2.18. The highest BCUT2D eigenvalue weighted by molar-refractivity contribution is 9.10. The Labute approximate surface area is 124 Å². The van der Waals surface area contributed by atoms with Crippen LogP contribution in [-0.2, 0) is 6.54 Å². The Morgan fingerprint density at radius 2 is 1.95 bits per heavy atom. The summed E-state index contributed by atoms with van der Waals surface area (Å²) in [6.45, 7) is 4.13. The molecule has 2 aromatic rings. The van der Waals surface area contributed by atoms with Crippen LogP contribution in [0.1, 0.15) is 31.2 Å². The second kappa shape index (κ2) is 6.26. The van der Waals surface area contributed by atoms with Gasteiger partial charge in [-0.15, -0.1) is 0 Å². The summed E-state index contributed by atoms with van der Waals surface area (Å²) in [5.41, 5.74) is 0.255. The molecule has 0 unspecified atom stereocenters. The van der Waals surface area contributed by atoms with E-state index in [0.717, 1.165) is 12.1 Å². The van der Waals surface area contributed by atoms with E-state index in [1.165, 1.54) is 6.07 Å². The minimum atomic E-state index is -0.463. The molecule has 0 amide bonds. The molecule has 106 valence electrons. The summed E-state index contributed by atoms with van der Waals surface area (Å²) in [4.78, 5) is 8.58. The Morgan fingerprint density at radius 1 is 1.20 bits per heavy atom. The van der Waals surface area contributed by atoms with Gasteiger partial charge in [0, 0.05) is 24.1 Å². The summed E-state index contributed by atoms with van der Waals surface area (Å²) in [7, 11) is 0. The van der Waals surface area contributed by atoms with Gasteiger partial charge in [0.15, 0.2) is 0 Å². The summed E-state index contributed by atoms with van der Waals surface area (Å²) in [6.07, 6.45) is 0. The van der Waals surface area contributed by atoms with Gasteiger partial charge in [0.25, 0.3) is 0 Å². The molecule has 0 atom stereocenters. The first-order valence-corrected chi connectivity index (χ1v) is 6.97. The number of anilines is 1. The fourth-order valence-corrected chi connectivity index (χ4v) is 2.05. The molecule has 1 heterocycles. The van der Waals surface area contributed by atoms with Gasteiger partial charge in [-0.2, -0.15) is 0 Å². The maximum atomic E-state index is 13.5. The summed E-state index contributed by atoms with van der Waals surface area (Å²) in [5.74, 6) is 0.519. The molecule has 0 aliphatic rings. The fraction of sp³-hybridized carbons (Fsp3) is 0.286. The van der Waals surface area contributed by atoms with Crippen LogP contribution in [-0.4, -0.2) is 9.97 Å². The molecule has 1 N–H and O–H groups in total. The van der Waals surface area contributed by atoms with Crippen molar-refractivity contribution in [3.8, 4) is 0 Å². The van der Waals surface area contributed by atoms with Crippen molar-refractivity contribution in [2.75, 3.05) is 5.32 Å². The van der Waals surface area contributed by atoms with Crippen molar-refractivity contribution in [3.63, 3.8) is 0 Å². The third-order valence-corrected chi connectivity index (χ3v) is 3.10. The molecule has 0 radical (unpaired) electrons. The van der Waals surface area contributed by atoms with Crippen LogP contribution in [0.2, 0.25) is 0 Å². The minimum absolute atomic E-state index is 0.157. The van der Waals surface area contributed by atoms with E-state index in [4.69, 9.17) is 0 Å². The summed E-state index contributed by atoms with van der Waals surface area (Å²) >= 11 is 3.31. The van der Waals surface area contributed by atoms with Crippen molar-refractivity contribution in [1.29, 1.82) is 0 Å². The molecule has 1 aromatic carbocycles. The van der Waals surface area contributed by atoms with E-state index in [1.54, 1.807) is 6.07 Å². The van der Waals surface area contributed by atoms with Gasteiger partial charge in [0.05, 0.1) is 0 Å². The lowest BCUT2D eigenvalue weighted by molar-refractivity contribution is 0.587. The Bertz CT molecular complexity index is 617. The van der Waals surface area contributed by atoms with Gasteiger partial charge in [-0.05, 0) is 34.1 Å². The molecule has 6 heteroatoms. The highest BCUT2D eigenvalue weighted by atomic mass is 79.9. The smallest absolute Gasteiger partial charge is 0.134 e. The molecule has 0 saturated carbocycles. The fourth-order valence-electron chi connectivity index (χ4n) is 1.65. The molecule has 0 bridgehead atoms. The molecule has 2 rings (SSSR count). The highest BCUT2D eigenvalue weighted by Gasteiger charge is 2.08. The Hall–Kier alpha value is -1.56. The lowest BCUT2D eigenvalue weighted by Gasteiger charge is -2.10. The predicted molar refractivity (Wildman–Crippen MR) is 77.5 cm³/mol. The van der Waals surface area contributed by atoms with E-state index in [2.05, 4.69) is 31.2 Å². The second-order valence-corrected chi connectivity index (χ2v) is 5.49. The quantitative estimate of drug-likeness (QED) is 0.844. The van der Waals surface area contributed by atoms with Crippen LogP contribution >= 0.6 is 15.9 Å². The number of rotatable bonds is 4. The van der Waals surface area contributed by atoms with Crippen LogP contribution in [0.5, 0.6) is 0 Å². The minimum Gasteiger partial charge on any atom is -0.366 e. The van der Waals surface area contributed by atoms with Crippen LogP contribution < -0.4 is 5.32 Å². The monoisotopic (exact) mass is 341 g/mol. The van der Waals surface area contributed by atoms with Crippen LogP contribution in [0, 0.1) is 11.6 Å². The maximum Gasteiger partial charge on any atom is 0.134 e. The van der Waals surface area contributed by atoms with Crippen molar-refractivity contribution in [1.82, 2.24) is 9.97 Å². The number of hydrogen-bond donors (Lipinski definition) is 1. The van der Waals surface area contributed by atoms with Crippen LogP contribution in [0.4, 0.5) is 14.6 Å². The van der Waals surface area contributed by atoms with E-state index >= 15 is 0 Å². The Morgan fingerprint density at radius 3 is 2.65 bits per heavy atom. The van der Waals surface area contributed by atoms with Crippen molar-refractivity contribution >= 4 is 21.7 Å². The molecule has 0 fully saturated rings. The van der Waals surface area contributed by atoms with E-state index in [9.17, 15) is 8.78 Å². The lowest BCUT2D eigenvalue weighted by Crippen LogP contribution is -2.07. The molecule has 20 heavy (non-hydrogen) atoms. The van der Waals surface area contributed by atoms with Crippen molar-refractivity contribution in [2.45, 2.75) is 26.3 Å². The van der Waals surface area contributed by atoms with Gasteiger partial charge >= 0.3 is 0 Å². The van der Waals surface area contributed by atoms with Crippen LogP contribution in [0.3, 0.4) is 0 Å². The Balaban J connectivity index is 2.16. The van der Waals surface area contributed by atoms with Crippen LogP contribution in [0.15, 0.2) is 28.9 Å². The van der Waals surface area contributed by atoms with E-state index < -0.39 is 11.6 Å². The molecule has 0 saturated heterocycles. The largest absolute Gasteiger partial charge is 0.366 e. The summed E-state index contributed by atoms with van der Waals surface area (Å²) in [6, 6.07) is 5.07. The van der Waals surface area contributed by atoms with E-state index in [1.807, 2.05) is 13.8 Å². The number of benzene rings is 1. The van der Waals surface area contributed by atoms with Gasteiger partial charge in [-0.25, -0.2) is 18.7 Å². The maximum absolute atomic E-state index is 13.5. The van der Waals surface area contributed by atoms with Crippen LogP contribution in [0.25, 0.3) is 0 Å². The first-order valence-electron chi connectivity index (χ1n) is 6.18. The second-order valence-electron chi connectivity index (χ2n) is 4.68. The van der Waals surface area contributed by atoms with Gasteiger partial charge in [0.2, 0.25) is 0 Å². The van der Waals surface area contributed by atoms with Crippen molar-refractivity contribution < 1.29 is 8.78 Å². The van der Waals surface area contributed by atoms with Gasteiger partial charge in [-0.1, -0.05) is 13.8 Å². The average Bonchev–Trinajstić information content (AvgIpc) is 2.39. The standard InChI is InChI=1S/C14H14BrF2N3/c1-8(2)14-19-12(15)6-13(20-14)18-7-9-5-10(16)3-4-11(9)17/h3-6,8H,7H2,1-2H3,(H,18,19,20). The predicted octanol–water partition coefficient (Wildman–Crippen LogP) is 4.25. The molecule has 0 aliphatic heterocycles. The SMILES string of the molecule is CC(C)c1nc(Br)cc(NCc2cc(F)ccc2F)n1. The van der Waals surface area contributed by atoms with Crippen molar-refractivity contribution in [3.05, 3.63) is 51.9 Å². The van der Waals surface area contributed by atoms with E-state index in [0.29, 0.717) is 16.2 Å². The number of nitrogens with zero attached hydrogens (tertiary/aromatic N) is 2. The zero-order valence-electron chi connectivity index (χ0n) is 11.1. The first-order chi connectivity index (χ1) is 9.45. The normalized spacial score (nSPS) is 10.9. The molecule has 1 aromatic heterocycles. The van der Waals surface area contributed by atoms with E-state index in [-0.39, 0.29) is 18.0 Å². The van der Waals surface area contributed by atoms with Gasteiger partial charge in [0.1, 0.15) is 27.9 Å². The number of hydrogen-bond acceptors (Lipinski definition) is 3. The molecule has 0 aliphatic carbocycles.